The van der Waals surface area contributed by atoms with Gasteiger partial charge in [0.1, 0.15) is 0 Å². The van der Waals surface area contributed by atoms with Crippen molar-refractivity contribution in [1.82, 2.24) is 20.2 Å². The molecule has 4 rings (SSSR count). The van der Waals surface area contributed by atoms with Crippen molar-refractivity contribution in [1.29, 1.82) is 0 Å². The second-order valence-electron chi connectivity index (χ2n) is 5.40. The van der Waals surface area contributed by atoms with Crippen molar-refractivity contribution in [2.75, 3.05) is 5.32 Å². The third kappa shape index (κ3) is 2.50. The van der Waals surface area contributed by atoms with Gasteiger partial charge in [0.25, 0.3) is 0 Å². The van der Waals surface area contributed by atoms with E-state index in [1.165, 1.54) is 19.0 Å². The highest BCUT2D eigenvalue weighted by atomic mass is 16.3. The molecule has 1 aliphatic rings. The topological polar surface area (TPSA) is 86.7 Å². The third-order valence-corrected chi connectivity index (χ3v) is 3.66. The van der Waals surface area contributed by atoms with Gasteiger partial charge in [-0.25, -0.2) is 9.97 Å². The lowest BCUT2D eigenvalue weighted by Crippen LogP contribution is -1.98. The minimum atomic E-state index is -0.00402. The fourth-order valence-corrected chi connectivity index (χ4v) is 2.32. The smallest absolute Gasteiger partial charge is 0.178 e. The van der Waals surface area contributed by atoms with Crippen LogP contribution in [0.25, 0.3) is 11.4 Å². The van der Waals surface area contributed by atoms with E-state index in [-0.39, 0.29) is 5.75 Å². The van der Waals surface area contributed by atoms with Gasteiger partial charge in [-0.15, -0.1) is 0 Å². The molecular weight excluding hydrogens is 278 g/mol. The van der Waals surface area contributed by atoms with E-state index in [0.29, 0.717) is 23.4 Å². The van der Waals surface area contributed by atoms with Crippen LogP contribution in [0.3, 0.4) is 0 Å². The van der Waals surface area contributed by atoms with Gasteiger partial charge in [-0.05, 0) is 12.8 Å². The second kappa shape index (κ2) is 5.14. The molecule has 1 aliphatic carbocycles. The van der Waals surface area contributed by atoms with E-state index in [1.807, 2.05) is 36.4 Å². The molecular formula is C16H15N5O. The van der Waals surface area contributed by atoms with Crippen LogP contribution in [0.5, 0.6) is 5.75 Å². The highest BCUT2D eigenvalue weighted by molar-refractivity contribution is 5.63. The van der Waals surface area contributed by atoms with Crippen LogP contribution in [-0.2, 0) is 0 Å². The molecule has 110 valence electrons. The van der Waals surface area contributed by atoms with Gasteiger partial charge in [0.15, 0.2) is 23.2 Å². The maximum Gasteiger partial charge on any atom is 0.178 e. The molecule has 6 heteroatoms. The van der Waals surface area contributed by atoms with Crippen molar-refractivity contribution in [2.24, 2.45) is 0 Å². The van der Waals surface area contributed by atoms with Gasteiger partial charge in [-0.3, -0.25) is 5.10 Å². The first kappa shape index (κ1) is 12.8. The largest absolute Gasteiger partial charge is 0.503 e. The number of H-pyrrole nitrogens is 1. The molecule has 2 aromatic heterocycles. The Balaban J connectivity index is 1.62. The van der Waals surface area contributed by atoms with E-state index in [4.69, 9.17) is 0 Å². The number of nitrogens with zero attached hydrogens (tertiary/aromatic N) is 3. The van der Waals surface area contributed by atoms with E-state index >= 15 is 0 Å². The molecule has 0 radical (unpaired) electrons. The summed E-state index contributed by atoms with van der Waals surface area (Å²) in [4.78, 5) is 8.55. The number of nitrogens with one attached hydrogen (secondary N) is 2. The lowest BCUT2D eigenvalue weighted by Gasteiger charge is -2.06. The Kier molecular flexibility index (Phi) is 3.00. The van der Waals surface area contributed by atoms with Gasteiger partial charge in [0.2, 0.25) is 0 Å². The zero-order chi connectivity index (χ0) is 14.9. The maximum absolute atomic E-state index is 9.95. The highest BCUT2D eigenvalue weighted by Gasteiger charge is 2.25. The van der Waals surface area contributed by atoms with Gasteiger partial charge in [0.05, 0.1) is 6.20 Å². The fraction of sp³-hybridized carbons (Fsp3) is 0.188. The molecule has 0 saturated heterocycles. The Morgan fingerprint density at radius 1 is 1.18 bits per heavy atom. The summed E-state index contributed by atoms with van der Waals surface area (Å²) in [6.45, 7) is 0. The summed E-state index contributed by atoms with van der Waals surface area (Å²) in [7, 11) is 0. The summed E-state index contributed by atoms with van der Waals surface area (Å²) in [5, 5.41) is 20.2. The predicted molar refractivity (Wildman–Crippen MR) is 83.0 cm³/mol. The van der Waals surface area contributed by atoms with Crippen molar-refractivity contribution >= 4 is 11.6 Å². The summed E-state index contributed by atoms with van der Waals surface area (Å²) in [6.07, 6.45) is 3.81. The molecule has 6 nitrogen and oxygen atoms in total. The van der Waals surface area contributed by atoms with Crippen molar-refractivity contribution in [3.63, 3.8) is 0 Å². The second-order valence-corrected chi connectivity index (χ2v) is 5.40. The summed E-state index contributed by atoms with van der Waals surface area (Å²) < 4.78 is 0. The van der Waals surface area contributed by atoms with Crippen LogP contribution in [0.15, 0.2) is 42.6 Å². The lowest BCUT2D eigenvalue weighted by atomic mass is 10.2. The fourth-order valence-electron chi connectivity index (χ4n) is 2.32. The van der Waals surface area contributed by atoms with E-state index in [9.17, 15) is 5.11 Å². The highest BCUT2D eigenvalue weighted by Crippen LogP contribution is 2.39. The zero-order valence-corrected chi connectivity index (χ0v) is 11.8. The van der Waals surface area contributed by atoms with Crippen molar-refractivity contribution < 1.29 is 5.11 Å². The van der Waals surface area contributed by atoms with Gasteiger partial charge in [-0.2, -0.15) is 5.10 Å². The molecule has 2 heterocycles. The average molecular weight is 293 g/mol. The molecule has 1 aromatic carbocycles. The Labute approximate surface area is 127 Å². The van der Waals surface area contributed by atoms with E-state index in [0.717, 1.165) is 11.3 Å². The molecule has 1 fully saturated rings. The molecule has 3 N–H and O–H groups in total. The monoisotopic (exact) mass is 293 g/mol. The van der Waals surface area contributed by atoms with Gasteiger partial charge in [0, 0.05) is 23.2 Å². The number of hydrogen-bond donors (Lipinski definition) is 3. The predicted octanol–water partition coefficient (Wildman–Crippen LogP) is 3.19. The van der Waals surface area contributed by atoms with Crippen LogP contribution in [0, 0.1) is 0 Å². The van der Waals surface area contributed by atoms with Crippen LogP contribution in [0.1, 0.15) is 24.5 Å². The summed E-state index contributed by atoms with van der Waals surface area (Å²) in [5.74, 6) is 2.15. The summed E-state index contributed by atoms with van der Waals surface area (Å²) in [6, 6.07) is 11.6. The van der Waals surface area contributed by atoms with E-state index in [2.05, 4.69) is 25.5 Å². The first-order valence-electron chi connectivity index (χ1n) is 7.23. The van der Waals surface area contributed by atoms with Gasteiger partial charge < -0.3 is 10.4 Å². The van der Waals surface area contributed by atoms with E-state index < -0.39 is 0 Å². The number of aromatic nitrogens is 4. The number of anilines is 2. The molecule has 3 aromatic rings. The van der Waals surface area contributed by atoms with Crippen LogP contribution in [-0.4, -0.2) is 25.3 Å². The Bertz CT molecular complexity index is 795. The molecule has 0 atom stereocenters. The third-order valence-electron chi connectivity index (χ3n) is 3.66. The maximum atomic E-state index is 9.95. The minimum Gasteiger partial charge on any atom is -0.503 e. The first-order valence-corrected chi connectivity index (χ1v) is 7.23. The van der Waals surface area contributed by atoms with Crippen LogP contribution in [0.4, 0.5) is 11.6 Å². The average Bonchev–Trinajstić information content (AvgIpc) is 3.30. The summed E-state index contributed by atoms with van der Waals surface area (Å²) in [5.41, 5.74) is 2.02. The van der Waals surface area contributed by atoms with E-state index in [1.54, 1.807) is 0 Å². The molecule has 0 amide bonds. The van der Waals surface area contributed by atoms with Gasteiger partial charge in [-0.1, -0.05) is 30.3 Å². The van der Waals surface area contributed by atoms with Crippen LogP contribution in [0.2, 0.25) is 0 Å². The standard InChI is InChI=1S/C16H15N5O/c22-13-9-17-15(11-4-2-1-3-5-11)19-16(13)18-14-8-12(20-21-14)10-6-7-10/h1-5,8-10,22H,6-7H2,(H2,17,18,19,20,21). The van der Waals surface area contributed by atoms with Crippen molar-refractivity contribution in [3.05, 3.63) is 48.3 Å². The molecule has 0 unspecified atom stereocenters. The van der Waals surface area contributed by atoms with Gasteiger partial charge >= 0.3 is 0 Å². The molecule has 0 bridgehead atoms. The van der Waals surface area contributed by atoms with Crippen molar-refractivity contribution in [2.45, 2.75) is 18.8 Å². The zero-order valence-electron chi connectivity index (χ0n) is 11.8. The number of hydrogen-bond acceptors (Lipinski definition) is 5. The van der Waals surface area contributed by atoms with Crippen molar-refractivity contribution in [3.8, 4) is 17.1 Å². The SMILES string of the molecule is Oc1cnc(-c2ccccc2)nc1Nc1cc(C2CC2)[nH]n1. The van der Waals surface area contributed by atoms with Crippen LogP contribution < -0.4 is 5.32 Å². The number of benzene rings is 1. The molecule has 0 spiro atoms. The number of rotatable bonds is 4. The van der Waals surface area contributed by atoms with Crippen LogP contribution >= 0.6 is 0 Å². The number of aromatic hydroxyl groups is 1. The number of aromatic amines is 1. The lowest BCUT2D eigenvalue weighted by molar-refractivity contribution is 0.472. The molecule has 0 aliphatic heterocycles. The quantitative estimate of drug-likeness (QED) is 0.687. The normalized spacial score (nSPS) is 14.0. The molecule has 22 heavy (non-hydrogen) atoms. The Hall–Kier alpha value is -2.89. The minimum absolute atomic E-state index is 0.00402. The molecule has 1 saturated carbocycles. The first-order chi connectivity index (χ1) is 10.8. The summed E-state index contributed by atoms with van der Waals surface area (Å²) >= 11 is 0. The Morgan fingerprint density at radius 2 is 2.00 bits per heavy atom. The Morgan fingerprint density at radius 3 is 2.77 bits per heavy atom.